The minimum Gasteiger partial charge on any atom is -0.481 e. The van der Waals surface area contributed by atoms with Crippen LogP contribution < -0.4 is 5.32 Å². The Kier molecular flexibility index (Phi) is 5.15. The van der Waals surface area contributed by atoms with Crippen molar-refractivity contribution in [2.24, 2.45) is 5.92 Å². The summed E-state index contributed by atoms with van der Waals surface area (Å²) in [5.74, 6) is -0.351. The molecule has 1 amide bonds. The largest absolute Gasteiger partial charge is 0.481 e. The molecule has 0 spiro atoms. The van der Waals surface area contributed by atoms with Gasteiger partial charge in [-0.15, -0.1) is 0 Å². The van der Waals surface area contributed by atoms with Crippen LogP contribution in [0.4, 0.5) is 0 Å². The van der Waals surface area contributed by atoms with Crippen LogP contribution >= 0.6 is 0 Å². The van der Waals surface area contributed by atoms with Crippen molar-refractivity contribution in [2.45, 2.75) is 19.3 Å². The summed E-state index contributed by atoms with van der Waals surface area (Å²) in [6.45, 7) is 5.45. The molecule has 2 fully saturated rings. The lowest BCUT2D eigenvalue weighted by molar-refractivity contribution is -0.140. The van der Waals surface area contributed by atoms with Crippen molar-refractivity contribution in [3.8, 4) is 0 Å². The van der Waals surface area contributed by atoms with Crippen LogP contribution in [0.5, 0.6) is 0 Å². The first-order valence-electron chi connectivity index (χ1n) is 7.10. The molecule has 0 saturated carbocycles. The van der Waals surface area contributed by atoms with Crippen LogP contribution in [0.1, 0.15) is 19.3 Å². The molecule has 19 heavy (non-hydrogen) atoms. The number of aliphatic carboxylic acids is 1. The van der Waals surface area contributed by atoms with Gasteiger partial charge in [-0.3, -0.25) is 14.5 Å². The third-order valence-corrected chi connectivity index (χ3v) is 3.97. The summed E-state index contributed by atoms with van der Waals surface area (Å²) in [6.07, 6.45) is 2.25. The lowest BCUT2D eigenvalue weighted by Crippen LogP contribution is -2.52. The van der Waals surface area contributed by atoms with Gasteiger partial charge < -0.3 is 15.3 Å². The molecule has 0 aromatic heterocycles. The predicted molar refractivity (Wildman–Crippen MR) is 70.9 cm³/mol. The molecule has 6 heteroatoms. The molecule has 2 N–H and O–H groups in total. The Morgan fingerprint density at radius 1 is 1.21 bits per heavy atom. The Hall–Kier alpha value is -1.14. The second-order valence-corrected chi connectivity index (χ2v) is 5.35. The minimum absolute atomic E-state index is 0.138. The molecule has 1 unspecified atom stereocenters. The quantitative estimate of drug-likeness (QED) is 0.727. The van der Waals surface area contributed by atoms with Crippen LogP contribution in [0.25, 0.3) is 0 Å². The number of piperazine rings is 1. The Morgan fingerprint density at radius 2 is 1.95 bits per heavy atom. The molecule has 1 atom stereocenters. The number of carbonyl (C=O) groups is 2. The van der Waals surface area contributed by atoms with Gasteiger partial charge in [0.2, 0.25) is 5.91 Å². The molecule has 0 bridgehead atoms. The maximum absolute atomic E-state index is 12.3. The second kappa shape index (κ2) is 6.86. The van der Waals surface area contributed by atoms with E-state index in [1.54, 1.807) is 0 Å². The highest BCUT2D eigenvalue weighted by Gasteiger charge is 2.28. The van der Waals surface area contributed by atoms with Gasteiger partial charge in [0, 0.05) is 39.3 Å². The Balaban J connectivity index is 1.72. The summed E-state index contributed by atoms with van der Waals surface area (Å²) in [4.78, 5) is 26.9. The minimum atomic E-state index is -0.758. The first-order valence-corrected chi connectivity index (χ1v) is 7.10. The number of carboxylic acid groups (broad SMARTS) is 1. The van der Waals surface area contributed by atoms with Gasteiger partial charge in [0.15, 0.2) is 0 Å². The third-order valence-electron chi connectivity index (χ3n) is 3.97. The lowest BCUT2D eigenvalue weighted by atomic mass is 9.98. The monoisotopic (exact) mass is 269 g/mol. The zero-order valence-electron chi connectivity index (χ0n) is 11.3. The number of carboxylic acids is 1. The molecule has 0 aromatic rings. The Bertz CT molecular complexity index is 321. The summed E-state index contributed by atoms with van der Waals surface area (Å²) in [5, 5.41) is 11.9. The zero-order valence-corrected chi connectivity index (χ0v) is 11.3. The fraction of sp³-hybridized carbons (Fsp3) is 0.846. The average molecular weight is 269 g/mol. The number of amides is 1. The topological polar surface area (TPSA) is 72.9 Å². The number of nitrogens with zero attached hydrogens (tertiary/aromatic N) is 2. The van der Waals surface area contributed by atoms with Crippen LogP contribution in [-0.2, 0) is 9.59 Å². The van der Waals surface area contributed by atoms with E-state index < -0.39 is 5.97 Å². The van der Waals surface area contributed by atoms with E-state index in [0.29, 0.717) is 6.54 Å². The highest BCUT2D eigenvalue weighted by Crippen LogP contribution is 2.15. The molecule has 108 valence electrons. The van der Waals surface area contributed by atoms with E-state index in [0.717, 1.165) is 52.1 Å². The van der Waals surface area contributed by atoms with E-state index in [1.165, 1.54) is 0 Å². The van der Waals surface area contributed by atoms with Crippen molar-refractivity contribution < 1.29 is 14.7 Å². The second-order valence-electron chi connectivity index (χ2n) is 5.35. The van der Waals surface area contributed by atoms with E-state index >= 15 is 0 Å². The number of nitrogens with one attached hydrogen (secondary N) is 1. The summed E-state index contributed by atoms with van der Waals surface area (Å²) in [5.41, 5.74) is 0. The van der Waals surface area contributed by atoms with E-state index in [9.17, 15) is 9.59 Å². The van der Waals surface area contributed by atoms with E-state index in [2.05, 4.69) is 10.2 Å². The number of hydrogen-bond acceptors (Lipinski definition) is 4. The molecule has 2 aliphatic heterocycles. The van der Waals surface area contributed by atoms with Crippen LogP contribution in [0.15, 0.2) is 0 Å². The number of piperidine rings is 1. The van der Waals surface area contributed by atoms with Gasteiger partial charge in [-0.05, 0) is 19.4 Å². The fourth-order valence-electron chi connectivity index (χ4n) is 2.77. The average Bonchev–Trinajstić information content (AvgIpc) is 2.46. The standard InChI is InChI=1S/C13H23N3O3/c17-12(18)3-5-15-6-8-16(9-7-15)13(19)11-2-1-4-14-10-11/h11,14H,1-10H2,(H,17,18). The molecule has 6 nitrogen and oxygen atoms in total. The highest BCUT2D eigenvalue weighted by atomic mass is 16.4. The first kappa shape index (κ1) is 14.3. The van der Waals surface area contributed by atoms with Crippen LogP contribution in [-0.4, -0.2) is 72.6 Å². The van der Waals surface area contributed by atoms with Crippen molar-refractivity contribution in [3.05, 3.63) is 0 Å². The van der Waals surface area contributed by atoms with Gasteiger partial charge in [-0.1, -0.05) is 0 Å². The van der Waals surface area contributed by atoms with Gasteiger partial charge >= 0.3 is 5.97 Å². The molecule has 0 aliphatic carbocycles. The third kappa shape index (κ3) is 4.18. The van der Waals surface area contributed by atoms with E-state index in [4.69, 9.17) is 5.11 Å². The SMILES string of the molecule is O=C(O)CCN1CCN(C(=O)C2CCCNC2)CC1. The van der Waals surface area contributed by atoms with Crippen molar-refractivity contribution >= 4 is 11.9 Å². The van der Waals surface area contributed by atoms with Gasteiger partial charge in [-0.25, -0.2) is 0 Å². The Morgan fingerprint density at radius 3 is 2.53 bits per heavy atom. The smallest absolute Gasteiger partial charge is 0.304 e. The molecular formula is C13H23N3O3. The van der Waals surface area contributed by atoms with Gasteiger partial charge in [0.25, 0.3) is 0 Å². The maximum Gasteiger partial charge on any atom is 0.304 e. The van der Waals surface area contributed by atoms with Gasteiger partial charge in [0.05, 0.1) is 12.3 Å². The van der Waals surface area contributed by atoms with Gasteiger partial charge in [0.1, 0.15) is 0 Å². The predicted octanol–water partition coefficient (Wildman–Crippen LogP) is -0.395. The van der Waals surface area contributed by atoms with Crippen LogP contribution in [0.3, 0.4) is 0 Å². The van der Waals surface area contributed by atoms with E-state index in [-0.39, 0.29) is 18.2 Å². The van der Waals surface area contributed by atoms with Crippen molar-refractivity contribution in [1.29, 1.82) is 0 Å². The first-order chi connectivity index (χ1) is 9.16. The Labute approximate surface area is 113 Å². The molecule has 2 saturated heterocycles. The molecular weight excluding hydrogens is 246 g/mol. The lowest BCUT2D eigenvalue weighted by Gasteiger charge is -2.37. The van der Waals surface area contributed by atoms with Gasteiger partial charge in [-0.2, -0.15) is 0 Å². The summed E-state index contributed by atoms with van der Waals surface area (Å²) in [7, 11) is 0. The molecule has 2 rings (SSSR count). The van der Waals surface area contributed by atoms with Crippen molar-refractivity contribution in [1.82, 2.24) is 15.1 Å². The van der Waals surface area contributed by atoms with Crippen LogP contribution in [0, 0.1) is 5.92 Å². The van der Waals surface area contributed by atoms with Crippen LogP contribution in [0.2, 0.25) is 0 Å². The fourth-order valence-corrected chi connectivity index (χ4v) is 2.77. The highest BCUT2D eigenvalue weighted by molar-refractivity contribution is 5.79. The van der Waals surface area contributed by atoms with E-state index in [1.807, 2.05) is 4.90 Å². The normalized spacial score (nSPS) is 25.3. The summed E-state index contributed by atoms with van der Waals surface area (Å²) >= 11 is 0. The van der Waals surface area contributed by atoms with Crippen molar-refractivity contribution in [3.63, 3.8) is 0 Å². The number of hydrogen-bond donors (Lipinski definition) is 2. The molecule has 0 aromatic carbocycles. The molecule has 0 radical (unpaired) electrons. The number of carbonyl (C=O) groups excluding carboxylic acids is 1. The summed E-state index contributed by atoms with van der Waals surface area (Å²) in [6, 6.07) is 0. The van der Waals surface area contributed by atoms with Crippen molar-refractivity contribution in [2.75, 3.05) is 45.8 Å². The maximum atomic E-state index is 12.3. The zero-order chi connectivity index (χ0) is 13.7. The molecule has 2 heterocycles. The number of rotatable bonds is 4. The molecule has 2 aliphatic rings. The summed E-state index contributed by atoms with van der Waals surface area (Å²) < 4.78 is 0.